The molecule has 0 aromatic heterocycles. The molecule has 2 amide bonds. The number of aromatic hydroxyl groups is 1. The molecule has 0 spiro atoms. The van der Waals surface area contributed by atoms with E-state index in [9.17, 15) is 19.5 Å². The van der Waals surface area contributed by atoms with Crippen molar-refractivity contribution in [1.29, 1.82) is 0 Å². The zero-order valence-corrected chi connectivity index (χ0v) is 20.3. The molecule has 1 saturated heterocycles. The quantitative estimate of drug-likeness (QED) is 0.409. The lowest BCUT2D eigenvalue weighted by Crippen LogP contribution is -2.38. The molecule has 0 saturated carbocycles. The molecule has 8 heteroatoms. The number of aryl methyl sites for hydroxylation is 1. The number of nitrogens with one attached hydrogen (secondary N) is 1. The zero-order chi connectivity index (χ0) is 25.9. The first-order valence-corrected chi connectivity index (χ1v) is 11.6. The highest BCUT2D eigenvalue weighted by Gasteiger charge is 2.44. The highest BCUT2D eigenvalue weighted by atomic mass is 16.6. The largest absolute Gasteiger partial charge is 0.507 e. The van der Waals surface area contributed by atoms with Crippen LogP contribution >= 0.6 is 0 Å². The number of carbonyl (C=O) groups excluding carboxylic acids is 3. The molecule has 4 rings (SSSR count). The zero-order valence-electron chi connectivity index (χ0n) is 20.3. The molecule has 1 fully saturated rings. The van der Waals surface area contributed by atoms with Crippen LogP contribution in [-0.4, -0.2) is 35.6 Å². The summed E-state index contributed by atoms with van der Waals surface area (Å²) in [6.45, 7) is 3.60. The summed E-state index contributed by atoms with van der Waals surface area (Å²) in [7, 11) is 1.49. The number of phenols is 1. The van der Waals surface area contributed by atoms with Gasteiger partial charge in [-0.3, -0.25) is 14.9 Å². The average Bonchev–Trinajstić information content (AvgIpc) is 3.10. The number of phenolic OH excluding ortho intramolecular Hbond substituents is 1. The summed E-state index contributed by atoms with van der Waals surface area (Å²) in [5.41, 5.74) is 0.946. The van der Waals surface area contributed by atoms with Crippen molar-refractivity contribution < 1.29 is 33.7 Å². The van der Waals surface area contributed by atoms with Gasteiger partial charge in [-0.05, 0) is 66.9 Å². The SMILES string of the molecule is CCCc1cc(C(=O)c2ccc(OC)cc2O)ccc1Oc1cccc(C[C@@]2(C)OC(=O)NC2=O)c1. The smallest absolute Gasteiger partial charge is 0.415 e. The number of carbonyl (C=O) groups is 3. The molecule has 186 valence electrons. The number of alkyl carbamates (subject to hydrolysis) is 1. The Labute approximate surface area is 208 Å². The maximum Gasteiger partial charge on any atom is 0.415 e. The number of hydrogen-bond acceptors (Lipinski definition) is 7. The minimum atomic E-state index is -1.28. The molecule has 0 radical (unpaired) electrons. The van der Waals surface area contributed by atoms with Gasteiger partial charge in [0, 0.05) is 18.1 Å². The van der Waals surface area contributed by atoms with Crippen LogP contribution in [0, 0.1) is 0 Å². The van der Waals surface area contributed by atoms with Crippen molar-refractivity contribution >= 4 is 17.8 Å². The van der Waals surface area contributed by atoms with E-state index < -0.39 is 17.6 Å². The van der Waals surface area contributed by atoms with Crippen molar-refractivity contribution in [2.75, 3.05) is 7.11 Å². The molecule has 8 nitrogen and oxygen atoms in total. The fourth-order valence-corrected chi connectivity index (χ4v) is 4.12. The van der Waals surface area contributed by atoms with E-state index in [0.29, 0.717) is 29.2 Å². The van der Waals surface area contributed by atoms with Gasteiger partial charge in [0.1, 0.15) is 23.0 Å². The molecule has 2 N–H and O–H groups in total. The van der Waals surface area contributed by atoms with Crippen molar-refractivity contribution in [2.24, 2.45) is 0 Å². The second kappa shape index (κ2) is 10.1. The van der Waals surface area contributed by atoms with Gasteiger partial charge < -0.3 is 19.3 Å². The van der Waals surface area contributed by atoms with E-state index >= 15 is 0 Å². The Balaban J connectivity index is 1.57. The standard InChI is InChI=1S/C28H27NO7/c1-4-6-18-14-19(25(31)22-11-10-20(34-3)15-23(22)30)9-12-24(18)35-21-8-5-7-17(13-21)16-28(2)26(32)29-27(33)36-28/h5,7-15,30H,4,6,16H2,1-3H3,(H,29,32,33)/t28-/m1/s1. The summed E-state index contributed by atoms with van der Waals surface area (Å²) in [5.74, 6) is 0.669. The number of ketones is 1. The third-order valence-electron chi connectivity index (χ3n) is 5.97. The van der Waals surface area contributed by atoms with Crippen LogP contribution < -0.4 is 14.8 Å². The molecule has 1 aliphatic rings. The van der Waals surface area contributed by atoms with Crippen LogP contribution in [0.3, 0.4) is 0 Å². The highest BCUT2D eigenvalue weighted by molar-refractivity contribution is 6.11. The van der Waals surface area contributed by atoms with E-state index in [-0.39, 0.29) is 23.5 Å². The lowest BCUT2D eigenvalue weighted by atomic mass is 9.96. The first-order valence-electron chi connectivity index (χ1n) is 11.6. The third kappa shape index (κ3) is 5.17. The number of methoxy groups -OCH3 is 1. The van der Waals surface area contributed by atoms with E-state index in [0.717, 1.165) is 17.5 Å². The molecule has 36 heavy (non-hydrogen) atoms. The van der Waals surface area contributed by atoms with Crippen LogP contribution in [-0.2, 0) is 22.4 Å². The maximum atomic E-state index is 13.1. The van der Waals surface area contributed by atoms with E-state index in [2.05, 4.69) is 5.32 Å². The second-order valence-electron chi connectivity index (χ2n) is 8.79. The van der Waals surface area contributed by atoms with Crippen molar-refractivity contribution in [2.45, 2.75) is 38.7 Å². The van der Waals surface area contributed by atoms with E-state index in [4.69, 9.17) is 14.2 Å². The van der Waals surface area contributed by atoms with Crippen molar-refractivity contribution in [3.05, 3.63) is 82.9 Å². The minimum absolute atomic E-state index is 0.149. The fourth-order valence-electron chi connectivity index (χ4n) is 4.12. The van der Waals surface area contributed by atoms with Crippen LogP contribution in [0.2, 0.25) is 0 Å². The number of ether oxygens (including phenoxy) is 3. The van der Waals surface area contributed by atoms with Gasteiger partial charge in [-0.1, -0.05) is 25.5 Å². The molecule has 1 heterocycles. The fraction of sp³-hybridized carbons (Fsp3) is 0.250. The van der Waals surface area contributed by atoms with Crippen molar-refractivity contribution in [3.8, 4) is 23.0 Å². The number of benzene rings is 3. The predicted octanol–water partition coefficient (Wildman–Crippen LogP) is 4.94. The Morgan fingerprint density at radius 1 is 1.06 bits per heavy atom. The van der Waals surface area contributed by atoms with Gasteiger partial charge in [-0.15, -0.1) is 0 Å². The monoisotopic (exact) mass is 489 g/mol. The van der Waals surface area contributed by atoms with Gasteiger partial charge in [0.05, 0.1) is 12.7 Å². The lowest BCUT2D eigenvalue weighted by Gasteiger charge is -2.19. The average molecular weight is 490 g/mol. The van der Waals surface area contributed by atoms with Crippen LogP contribution in [0.15, 0.2) is 60.7 Å². The Hall–Kier alpha value is -4.33. The number of amides is 2. The molecule has 3 aromatic rings. The molecule has 0 aliphatic carbocycles. The summed E-state index contributed by atoms with van der Waals surface area (Å²) >= 11 is 0. The Morgan fingerprint density at radius 2 is 1.86 bits per heavy atom. The van der Waals surface area contributed by atoms with Crippen molar-refractivity contribution in [3.63, 3.8) is 0 Å². The number of rotatable bonds is 9. The molecular formula is C28H27NO7. The first kappa shape index (κ1) is 24.8. The normalized spacial score (nSPS) is 16.9. The van der Waals surface area contributed by atoms with Crippen LogP contribution in [0.4, 0.5) is 4.79 Å². The van der Waals surface area contributed by atoms with E-state index in [1.165, 1.54) is 19.2 Å². The summed E-state index contributed by atoms with van der Waals surface area (Å²) in [6, 6.07) is 16.9. The van der Waals surface area contributed by atoms with Crippen LogP contribution in [0.5, 0.6) is 23.0 Å². The third-order valence-corrected chi connectivity index (χ3v) is 5.97. The topological polar surface area (TPSA) is 111 Å². The Morgan fingerprint density at radius 3 is 2.53 bits per heavy atom. The van der Waals surface area contributed by atoms with Gasteiger partial charge in [0.15, 0.2) is 11.4 Å². The highest BCUT2D eigenvalue weighted by Crippen LogP contribution is 2.32. The van der Waals surface area contributed by atoms with Crippen molar-refractivity contribution in [1.82, 2.24) is 5.32 Å². The summed E-state index contributed by atoms with van der Waals surface area (Å²) in [4.78, 5) is 36.6. The Bertz CT molecular complexity index is 1330. The van der Waals surface area contributed by atoms with Crippen LogP contribution in [0.1, 0.15) is 47.3 Å². The number of hydrogen-bond donors (Lipinski definition) is 2. The molecule has 1 atom stereocenters. The number of cyclic esters (lactones) is 1. The van der Waals surface area contributed by atoms with Gasteiger partial charge in [-0.25, -0.2) is 4.79 Å². The summed E-state index contributed by atoms with van der Waals surface area (Å²) in [6.07, 6.45) is 0.957. The maximum absolute atomic E-state index is 13.1. The molecule has 1 aliphatic heterocycles. The molecule has 0 unspecified atom stereocenters. The molecule has 3 aromatic carbocycles. The van der Waals surface area contributed by atoms with Gasteiger partial charge in [-0.2, -0.15) is 0 Å². The minimum Gasteiger partial charge on any atom is -0.507 e. The number of imide groups is 1. The van der Waals surface area contributed by atoms with E-state index in [1.807, 2.05) is 13.0 Å². The first-order chi connectivity index (χ1) is 17.2. The van der Waals surface area contributed by atoms with E-state index in [1.54, 1.807) is 49.4 Å². The second-order valence-corrected chi connectivity index (χ2v) is 8.79. The molecule has 0 bridgehead atoms. The lowest BCUT2D eigenvalue weighted by molar-refractivity contribution is -0.129. The summed E-state index contributed by atoms with van der Waals surface area (Å²) in [5, 5.41) is 12.4. The van der Waals surface area contributed by atoms with Crippen LogP contribution in [0.25, 0.3) is 0 Å². The Kier molecular flexibility index (Phi) is 6.96. The predicted molar refractivity (Wildman–Crippen MR) is 132 cm³/mol. The van der Waals surface area contributed by atoms with Gasteiger partial charge >= 0.3 is 6.09 Å². The van der Waals surface area contributed by atoms with Gasteiger partial charge in [0.2, 0.25) is 0 Å². The van der Waals surface area contributed by atoms with Gasteiger partial charge in [0.25, 0.3) is 5.91 Å². The summed E-state index contributed by atoms with van der Waals surface area (Å²) < 4.78 is 16.4. The molecular weight excluding hydrogens is 462 g/mol.